The van der Waals surface area contributed by atoms with Crippen LogP contribution < -0.4 is 0 Å². The van der Waals surface area contributed by atoms with Crippen molar-refractivity contribution in [2.24, 2.45) is 0 Å². The third kappa shape index (κ3) is 1.14. The van der Waals surface area contributed by atoms with Crippen molar-refractivity contribution in [3.8, 4) is 0 Å². The first-order valence-corrected chi connectivity index (χ1v) is 4.28. The van der Waals surface area contributed by atoms with Gasteiger partial charge in [0.25, 0.3) is 0 Å². The van der Waals surface area contributed by atoms with Crippen molar-refractivity contribution in [1.82, 2.24) is 9.97 Å². The van der Waals surface area contributed by atoms with Gasteiger partial charge in [0.1, 0.15) is 0 Å². The van der Waals surface area contributed by atoms with Crippen LogP contribution >= 0.6 is 15.9 Å². The van der Waals surface area contributed by atoms with E-state index in [-0.39, 0.29) is 0 Å². The minimum Gasteiger partial charge on any atom is -0.438 e. The zero-order valence-corrected chi connectivity index (χ0v) is 7.21. The first-order chi connectivity index (χ1) is 5.40. The Morgan fingerprint density at radius 2 is 2.45 bits per heavy atom. The Balaban J connectivity index is 2.69. The molecule has 0 fully saturated rings. The SMILES string of the molecule is BrCc1nc2ncccc2o1. The molecule has 4 heteroatoms. The highest BCUT2D eigenvalue weighted by atomic mass is 79.9. The molecule has 0 radical (unpaired) electrons. The summed E-state index contributed by atoms with van der Waals surface area (Å²) >= 11 is 3.25. The molecule has 2 heterocycles. The van der Waals surface area contributed by atoms with Crippen LogP contribution in [0.3, 0.4) is 0 Å². The Bertz CT molecular complexity index is 338. The summed E-state index contributed by atoms with van der Waals surface area (Å²) in [6.07, 6.45) is 1.70. The molecule has 0 amide bonds. The number of oxazole rings is 1. The van der Waals surface area contributed by atoms with Crippen molar-refractivity contribution in [3.63, 3.8) is 0 Å². The second-order valence-electron chi connectivity index (χ2n) is 2.07. The van der Waals surface area contributed by atoms with Crippen molar-refractivity contribution >= 4 is 27.2 Å². The topological polar surface area (TPSA) is 38.9 Å². The van der Waals surface area contributed by atoms with Crippen LogP contribution in [-0.2, 0) is 5.33 Å². The van der Waals surface area contributed by atoms with E-state index < -0.39 is 0 Å². The maximum Gasteiger partial charge on any atom is 0.207 e. The van der Waals surface area contributed by atoms with Gasteiger partial charge in [0.05, 0.1) is 5.33 Å². The van der Waals surface area contributed by atoms with Gasteiger partial charge in [-0.1, -0.05) is 15.9 Å². The summed E-state index contributed by atoms with van der Waals surface area (Å²) in [6, 6.07) is 3.67. The van der Waals surface area contributed by atoms with Gasteiger partial charge >= 0.3 is 0 Å². The zero-order valence-electron chi connectivity index (χ0n) is 5.62. The van der Waals surface area contributed by atoms with Gasteiger partial charge in [-0.3, -0.25) is 0 Å². The highest BCUT2D eigenvalue weighted by Gasteiger charge is 2.02. The average molecular weight is 213 g/mol. The molecule has 11 heavy (non-hydrogen) atoms. The van der Waals surface area contributed by atoms with Crippen LogP contribution in [0.25, 0.3) is 11.2 Å². The van der Waals surface area contributed by atoms with Crippen LogP contribution in [0.2, 0.25) is 0 Å². The van der Waals surface area contributed by atoms with E-state index in [1.165, 1.54) is 0 Å². The minimum absolute atomic E-state index is 0.628. The quantitative estimate of drug-likeness (QED) is 0.681. The van der Waals surface area contributed by atoms with E-state index >= 15 is 0 Å². The molecule has 3 nitrogen and oxygen atoms in total. The lowest BCUT2D eigenvalue weighted by molar-refractivity contribution is 0.557. The molecule has 0 atom stereocenters. The van der Waals surface area contributed by atoms with Crippen molar-refractivity contribution in [2.75, 3.05) is 0 Å². The third-order valence-corrected chi connectivity index (χ3v) is 1.80. The highest BCUT2D eigenvalue weighted by molar-refractivity contribution is 9.08. The van der Waals surface area contributed by atoms with Gasteiger partial charge in [-0.05, 0) is 12.1 Å². The Morgan fingerprint density at radius 1 is 1.55 bits per heavy atom. The molecule has 56 valence electrons. The number of nitrogens with zero attached hydrogens (tertiary/aromatic N) is 2. The summed E-state index contributed by atoms with van der Waals surface area (Å²) in [5, 5.41) is 0.628. The summed E-state index contributed by atoms with van der Waals surface area (Å²) in [5.41, 5.74) is 1.41. The molecule has 0 saturated heterocycles. The number of halogens is 1. The summed E-state index contributed by atoms with van der Waals surface area (Å²) in [6.45, 7) is 0. The van der Waals surface area contributed by atoms with Crippen LogP contribution in [0.5, 0.6) is 0 Å². The standard InChI is InChI=1S/C7H5BrN2O/c8-4-6-10-7-5(11-6)2-1-3-9-7/h1-3H,4H2. The van der Waals surface area contributed by atoms with Gasteiger partial charge in [0, 0.05) is 6.20 Å². The number of hydrogen-bond donors (Lipinski definition) is 0. The normalized spacial score (nSPS) is 10.6. The van der Waals surface area contributed by atoms with Crippen LogP contribution in [0.4, 0.5) is 0 Å². The van der Waals surface area contributed by atoms with Crippen LogP contribution in [-0.4, -0.2) is 9.97 Å². The fourth-order valence-corrected chi connectivity index (χ4v) is 1.11. The molecule has 0 aliphatic rings. The molecule has 0 N–H and O–H groups in total. The molecule has 0 aliphatic heterocycles. The van der Waals surface area contributed by atoms with Crippen LogP contribution in [0.15, 0.2) is 22.7 Å². The lowest BCUT2D eigenvalue weighted by Crippen LogP contribution is -1.75. The Labute approximate surface area is 71.6 Å². The van der Waals surface area contributed by atoms with Gasteiger partial charge in [-0.25, -0.2) is 4.98 Å². The smallest absolute Gasteiger partial charge is 0.207 e. The fraction of sp³-hybridized carbons (Fsp3) is 0.143. The highest BCUT2D eigenvalue weighted by Crippen LogP contribution is 2.13. The van der Waals surface area contributed by atoms with Gasteiger partial charge in [0.2, 0.25) is 5.89 Å². The van der Waals surface area contributed by atoms with E-state index in [4.69, 9.17) is 4.42 Å². The summed E-state index contributed by atoms with van der Waals surface area (Å²) < 4.78 is 5.30. The van der Waals surface area contributed by atoms with E-state index in [0.29, 0.717) is 16.9 Å². The molecule has 0 aliphatic carbocycles. The maximum atomic E-state index is 5.30. The van der Waals surface area contributed by atoms with Crippen molar-refractivity contribution in [2.45, 2.75) is 5.33 Å². The Hall–Kier alpha value is -0.900. The Morgan fingerprint density at radius 3 is 3.18 bits per heavy atom. The minimum atomic E-state index is 0.628. The molecule has 2 rings (SSSR count). The largest absolute Gasteiger partial charge is 0.438 e. The van der Waals surface area contributed by atoms with Crippen LogP contribution in [0, 0.1) is 0 Å². The van der Waals surface area contributed by atoms with Crippen LogP contribution in [0.1, 0.15) is 5.89 Å². The predicted molar refractivity (Wildman–Crippen MR) is 44.4 cm³/mol. The first-order valence-electron chi connectivity index (χ1n) is 3.16. The van der Waals surface area contributed by atoms with Gasteiger partial charge in [0.15, 0.2) is 11.2 Å². The van der Waals surface area contributed by atoms with Gasteiger partial charge in [-0.15, -0.1) is 0 Å². The van der Waals surface area contributed by atoms with E-state index in [2.05, 4.69) is 25.9 Å². The molecule has 0 unspecified atom stereocenters. The summed E-state index contributed by atoms with van der Waals surface area (Å²) in [4.78, 5) is 8.13. The van der Waals surface area contributed by atoms with E-state index in [1.54, 1.807) is 6.20 Å². The Kier molecular flexibility index (Phi) is 1.62. The molecule has 0 aromatic carbocycles. The van der Waals surface area contributed by atoms with E-state index in [0.717, 1.165) is 5.58 Å². The predicted octanol–water partition coefficient (Wildman–Crippen LogP) is 2.12. The molecule has 2 aromatic heterocycles. The monoisotopic (exact) mass is 212 g/mol. The molecule has 0 bridgehead atoms. The maximum absolute atomic E-state index is 5.30. The number of fused-ring (bicyclic) bond motifs is 1. The molecule has 2 aromatic rings. The average Bonchev–Trinajstić information content (AvgIpc) is 2.46. The second-order valence-corrected chi connectivity index (χ2v) is 2.63. The van der Waals surface area contributed by atoms with Crippen molar-refractivity contribution in [3.05, 3.63) is 24.2 Å². The number of aromatic nitrogens is 2. The summed E-state index contributed by atoms with van der Waals surface area (Å²) in [7, 11) is 0. The number of hydrogen-bond acceptors (Lipinski definition) is 3. The number of rotatable bonds is 1. The molecular formula is C7H5BrN2O. The van der Waals surface area contributed by atoms with E-state index in [9.17, 15) is 0 Å². The number of pyridine rings is 1. The van der Waals surface area contributed by atoms with Crippen molar-refractivity contribution < 1.29 is 4.42 Å². The first kappa shape index (κ1) is 6.79. The fourth-order valence-electron chi connectivity index (χ4n) is 0.871. The van der Waals surface area contributed by atoms with E-state index in [1.807, 2.05) is 12.1 Å². The van der Waals surface area contributed by atoms with Crippen molar-refractivity contribution in [1.29, 1.82) is 0 Å². The third-order valence-electron chi connectivity index (χ3n) is 1.32. The number of alkyl halides is 1. The second kappa shape index (κ2) is 2.62. The van der Waals surface area contributed by atoms with Gasteiger partial charge in [-0.2, -0.15) is 4.98 Å². The summed E-state index contributed by atoms with van der Waals surface area (Å²) in [5.74, 6) is 0.665. The lowest BCUT2D eigenvalue weighted by Gasteiger charge is -1.79. The molecular weight excluding hydrogens is 208 g/mol. The lowest BCUT2D eigenvalue weighted by atomic mass is 10.5. The van der Waals surface area contributed by atoms with Gasteiger partial charge < -0.3 is 4.42 Å². The molecule has 0 saturated carbocycles. The molecule has 0 spiro atoms. The zero-order chi connectivity index (χ0) is 7.68.